The maximum Gasteiger partial charge on any atom is 0.260 e. The largest absolute Gasteiger partial charge is 0.481 e. The Labute approximate surface area is 128 Å². The van der Waals surface area contributed by atoms with E-state index in [0.717, 1.165) is 17.9 Å². The highest BCUT2D eigenvalue weighted by Crippen LogP contribution is 2.23. The molecule has 0 heterocycles. The highest BCUT2D eigenvalue weighted by Gasteiger charge is 2.19. The van der Waals surface area contributed by atoms with Crippen molar-refractivity contribution < 1.29 is 9.53 Å². The van der Waals surface area contributed by atoms with E-state index in [2.05, 4.69) is 18.3 Å². The van der Waals surface area contributed by atoms with Crippen LogP contribution in [-0.4, -0.2) is 18.6 Å². The lowest BCUT2D eigenvalue weighted by Crippen LogP contribution is -2.39. The lowest BCUT2D eigenvalue weighted by atomic mass is 9.89. The van der Waals surface area contributed by atoms with Crippen LogP contribution in [-0.2, 0) is 4.79 Å². The Kier molecular flexibility index (Phi) is 5.66. The van der Waals surface area contributed by atoms with Crippen LogP contribution in [0.15, 0.2) is 18.2 Å². The molecule has 3 nitrogen and oxygen atoms in total. The fourth-order valence-electron chi connectivity index (χ4n) is 2.88. The summed E-state index contributed by atoms with van der Waals surface area (Å²) in [6, 6.07) is 5.94. The van der Waals surface area contributed by atoms with Gasteiger partial charge in [-0.1, -0.05) is 31.4 Å². The van der Waals surface area contributed by atoms with Gasteiger partial charge in [0.05, 0.1) is 0 Å². The van der Waals surface area contributed by atoms with Gasteiger partial charge in [0, 0.05) is 6.54 Å². The number of amides is 1. The molecule has 21 heavy (non-hydrogen) atoms. The smallest absolute Gasteiger partial charge is 0.260 e. The first-order chi connectivity index (χ1) is 10.1. The molecule has 1 N–H and O–H groups in total. The number of ether oxygens (including phenoxy) is 1. The van der Waals surface area contributed by atoms with Gasteiger partial charge >= 0.3 is 0 Å². The predicted octanol–water partition coefficient (Wildman–Crippen LogP) is 3.77. The second kappa shape index (κ2) is 7.48. The molecule has 0 aromatic heterocycles. The Morgan fingerprint density at radius 1 is 1.29 bits per heavy atom. The number of aryl methyl sites for hydroxylation is 1. The molecule has 116 valence electrons. The summed E-state index contributed by atoms with van der Waals surface area (Å²) in [5, 5.41) is 3.04. The Morgan fingerprint density at radius 2 is 2.00 bits per heavy atom. The molecule has 1 fully saturated rings. The van der Waals surface area contributed by atoms with Crippen LogP contribution >= 0.6 is 0 Å². The molecule has 1 aliphatic carbocycles. The van der Waals surface area contributed by atoms with Crippen LogP contribution < -0.4 is 10.1 Å². The monoisotopic (exact) mass is 289 g/mol. The SMILES string of the molecule is Cc1cccc(OC(C)C(=O)NCC2CCCCC2)c1C. The summed E-state index contributed by atoms with van der Waals surface area (Å²) < 4.78 is 5.82. The zero-order chi connectivity index (χ0) is 15.2. The van der Waals surface area contributed by atoms with Crippen molar-refractivity contribution in [2.45, 2.75) is 59.0 Å². The third-order valence-electron chi connectivity index (χ3n) is 4.52. The van der Waals surface area contributed by atoms with Gasteiger partial charge in [0.15, 0.2) is 6.10 Å². The van der Waals surface area contributed by atoms with Crippen LogP contribution in [0.2, 0.25) is 0 Å². The van der Waals surface area contributed by atoms with Crippen LogP contribution in [0, 0.1) is 19.8 Å². The average Bonchev–Trinajstić information content (AvgIpc) is 2.50. The molecule has 1 atom stereocenters. The standard InChI is InChI=1S/C18H27NO2/c1-13-8-7-11-17(14(13)2)21-15(3)18(20)19-12-16-9-5-4-6-10-16/h7-8,11,15-16H,4-6,9-10,12H2,1-3H3,(H,19,20). The van der Waals surface area contributed by atoms with Gasteiger partial charge in [0.2, 0.25) is 0 Å². The third-order valence-corrected chi connectivity index (χ3v) is 4.52. The molecule has 1 aliphatic rings. The minimum Gasteiger partial charge on any atom is -0.481 e. The van der Waals surface area contributed by atoms with E-state index in [-0.39, 0.29) is 5.91 Å². The highest BCUT2D eigenvalue weighted by molar-refractivity contribution is 5.80. The minimum atomic E-state index is -0.450. The zero-order valence-corrected chi connectivity index (χ0v) is 13.4. The number of hydrogen-bond acceptors (Lipinski definition) is 2. The van der Waals surface area contributed by atoms with Gasteiger partial charge in [-0.3, -0.25) is 4.79 Å². The fourth-order valence-corrected chi connectivity index (χ4v) is 2.88. The summed E-state index contributed by atoms with van der Waals surface area (Å²) in [6.07, 6.45) is 5.98. The van der Waals surface area contributed by atoms with E-state index >= 15 is 0 Å². The van der Waals surface area contributed by atoms with Crippen LogP contribution in [0.1, 0.15) is 50.2 Å². The second-order valence-electron chi connectivity index (χ2n) is 6.21. The number of nitrogens with one attached hydrogen (secondary N) is 1. The number of hydrogen-bond donors (Lipinski definition) is 1. The molecule has 3 heteroatoms. The third kappa shape index (κ3) is 4.48. The van der Waals surface area contributed by atoms with Crippen molar-refractivity contribution in [3.8, 4) is 5.75 Å². The maximum atomic E-state index is 12.2. The molecule has 0 bridgehead atoms. The molecule has 1 unspecified atom stereocenters. The van der Waals surface area contributed by atoms with Crippen molar-refractivity contribution in [3.63, 3.8) is 0 Å². The van der Waals surface area contributed by atoms with Crippen LogP contribution in [0.3, 0.4) is 0 Å². The van der Waals surface area contributed by atoms with Crippen molar-refractivity contribution in [1.29, 1.82) is 0 Å². The lowest BCUT2D eigenvalue weighted by Gasteiger charge is -2.23. The first-order valence-electron chi connectivity index (χ1n) is 8.08. The molecular weight excluding hydrogens is 262 g/mol. The van der Waals surface area contributed by atoms with E-state index in [1.54, 1.807) is 0 Å². The van der Waals surface area contributed by atoms with Gasteiger partial charge < -0.3 is 10.1 Å². The number of rotatable bonds is 5. The summed E-state index contributed by atoms with van der Waals surface area (Å²) in [7, 11) is 0. The van der Waals surface area contributed by atoms with E-state index in [1.807, 2.05) is 26.0 Å². The number of carbonyl (C=O) groups excluding carboxylic acids is 1. The first kappa shape index (κ1) is 15.9. The summed E-state index contributed by atoms with van der Waals surface area (Å²) in [5.74, 6) is 1.44. The summed E-state index contributed by atoms with van der Waals surface area (Å²) in [4.78, 5) is 12.2. The Balaban J connectivity index is 1.83. The summed E-state index contributed by atoms with van der Waals surface area (Å²) in [5.41, 5.74) is 2.28. The van der Waals surface area contributed by atoms with E-state index in [9.17, 15) is 4.79 Å². The second-order valence-corrected chi connectivity index (χ2v) is 6.21. The normalized spacial score (nSPS) is 17.3. The topological polar surface area (TPSA) is 38.3 Å². The molecule has 0 radical (unpaired) electrons. The Bertz CT molecular complexity index is 478. The van der Waals surface area contributed by atoms with Crippen LogP contribution in [0.5, 0.6) is 5.75 Å². The van der Waals surface area contributed by atoms with E-state index in [4.69, 9.17) is 4.74 Å². The minimum absolute atomic E-state index is 0.0125. The van der Waals surface area contributed by atoms with Crippen molar-refractivity contribution in [1.82, 2.24) is 5.32 Å². The Hall–Kier alpha value is -1.51. The number of benzene rings is 1. The number of carbonyl (C=O) groups is 1. The van der Waals surface area contributed by atoms with Crippen LogP contribution in [0.25, 0.3) is 0 Å². The van der Waals surface area contributed by atoms with Crippen molar-refractivity contribution in [2.24, 2.45) is 5.92 Å². The summed E-state index contributed by atoms with van der Waals surface area (Å²) >= 11 is 0. The van der Waals surface area contributed by atoms with Crippen LogP contribution in [0.4, 0.5) is 0 Å². The van der Waals surface area contributed by atoms with E-state index < -0.39 is 6.10 Å². The first-order valence-corrected chi connectivity index (χ1v) is 8.08. The van der Waals surface area contributed by atoms with Crippen molar-refractivity contribution in [2.75, 3.05) is 6.54 Å². The van der Waals surface area contributed by atoms with Gasteiger partial charge in [-0.25, -0.2) is 0 Å². The average molecular weight is 289 g/mol. The quantitative estimate of drug-likeness (QED) is 0.896. The zero-order valence-electron chi connectivity index (χ0n) is 13.4. The molecule has 1 aromatic carbocycles. The van der Waals surface area contributed by atoms with E-state index in [1.165, 1.54) is 37.7 Å². The van der Waals surface area contributed by atoms with Gasteiger partial charge in [0.25, 0.3) is 5.91 Å². The van der Waals surface area contributed by atoms with Gasteiger partial charge in [0.1, 0.15) is 5.75 Å². The molecular formula is C18H27NO2. The molecule has 0 spiro atoms. The molecule has 1 saturated carbocycles. The fraction of sp³-hybridized carbons (Fsp3) is 0.611. The maximum absolute atomic E-state index is 12.2. The molecule has 0 aliphatic heterocycles. The van der Waals surface area contributed by atoms with E-state index in [0.29, 0.717) is 5.92 Å². The van der Waals surface area contributed by atoms with Gasteiger partial charge in [-0.15, -0.1) is 0 Å². The van der Waals surface area contributed by atoms with Gasteiger partial charge in [-0.2, -0.15) is 0 Å². The summed E-state index contributed by atoms with van der Waals surface area (Å²) in [6.45, 7) is 6.69. The molecule has 1 amide bonds. The molecule has 2 rings (SSSR count). The Morgan fingerprint density at radius 3 is 2.71 bits per heavy atom. The lowest BCUT2D eigenvalue weighted by molar-refractivity contribution is -0.127. The molecule has 1 aromatic rings. The highest BCUT2D eigenvalue weighted by atomic mass is 16.5. The van der Waals surface area contributed by atoms with Crippen molar-refractivity contribution >= 4 is 5.91 Å². The van der Waals surface area contributed by atoms with Crippen molar-refractivity contribution in [3.05, 3.63) is 29.3 Å². The predicted molar refractivity (Wildman–Crippen MR) is 85.6 cm³/mol. The van der Waals surface area contributed by atoms with Gasteiger partial charge in [-0.05, 0) is 56.7 Å². The molecule has 0 saturated heterocycles.